The van der Waals surface area contributed by atoms with Gasteiger partial charge in [-0.3, -0.25) is 4.79 Å². The fourth-order valence-corrected chi connectivity index (χ4v) is 3.20. The first-order valence-corrected chi connectivity index (χ1v) is 8.11. The van der Waals surface area contributed by atoms with Crippen LogP contribution in [0.1, 0.15) is 37.0 Å². The highest BCUT2D eigenvalue weighted by atomic mass is 79.9. The van der Waals surface area contributed by atoms with Crippen molar-refractivity contribution in [3.63, 3.8) is 0 Å². The molecule has 0 saturated heterocycles. The Hall–Kier alpha value is -1.62. The summed E-state index contributed by atoms with van der Waals surface area (Å²) in [7, 11) is 1.35. The molecular formula is C17H20BrNO3. The van der Waals surface area contributed by atoms with Crippen molar-refractivity contribution in [3.05, 3.63) is 40.0 Å². The lowest BCUT2D eigenvalue weighted by Gasteiger charge is -2.28. The van der Waals surface area contributed by atoms with E-state index < -0.39 is 5.97 Å². The van der Waals surface area contributed by atoms with Crippen LogP contribution in [0.2, 0.25) is 0 Å². The van der Waals surface area contributed by atoms with E-state index in [-0.39, 0.29) is 5.78 Å². The molecule has 0 fully saturated rings. The Balaban J connectivity index is 2.33. The summed E-state index contributed by atoms with van der Waals surface area (Å²) in [5, 5.41) is 3.32. The van der Waals surface area contributed by atoms with E-state index in [1.807, 2.05) is 6.07 Å². The van der Waals surface area contributed by atoms with Crippen molar-refractivity contribution >= 4 is 33.4 Å². The minimum absolute atomic E-state index is 0.139. The van der Waals surface area contributed by atoms with Gasteiger partial charge in [-0.2, -0.15) is 0 Å². The topological polar surface area (TPSA) is 55.4 Å². The SMILES string of the molecule is COC(=O)c1cccc(NC2=CC(=O)CCC2C(C)C)c1Br. The first-order valence-electron chi connectivity index (χ1n) is 7.32. The molecule has 1 unspecified atom stereocenters. The van der Waals surface area contributed by atoms with Gasteiger partial charge in [-0.25, -0.2) is 4.79 Å². The number of ether oxygens (including phenoxy) is 1. The molecule has 1 atom stereocenters. The molecule has 0 aliphatic heterocycles. The Morgan fingerprint density at radius 3 is 2.77 bits per heavy atom. The first-order chi connectivity index (χ1) is 10.4. The number of hydrogen-bond donors (Lipinski definition) is 1. The average Bonchev–Trinajstić information content (AvgIpc) is 2.48. The molecule has 0 spiro atoms. The van der Waals surface area contributed by atoms with Crippen molar-refractivity contribution < 1.29 is 14.3 Å². The Labute approximate surface area is 139 Å². The molecular weight excluding hydrogens is 346 g/mol. The van der Waals surface area contributed by atoms with Crippen LogP contribution in [0.25, 0.3) is 0 Å². The molecule has 4 nitrogen and oxygen atoms in total. The summed E-state index contributed by atoms with van der Waals surface area (Å²) in [5.74, 6) is 0.491. The average molecular weight is 366 g/mol. The van der Waals surface area contributed by atoms with Gasteiger partial charge in [-0.15, -0.1) is 0 Å². The molecule has 0 amide bonds. The number of methoxy groups -OCH3 is 1. The number of ketones is 1. The number of hydrogen-bond acceptors (Lipinski definition) is 4. The molecule has 0 heterocycles. The molecule has 22 heavy (non-hydrogen) atoms. The second-order valence-corrected chi connectivity index (χ2v) is 6.53. The summed E-state index contributed by atoms with van der Waals surface area (Å²) in [4.78, 5) is 23.5. The Morgan fingerprint density at radius 2 is 2.14 bits per heavy atom. The third-order valence-corrected chi connectivity index (χ3v) is 4.76. The van der Waals surface area contributed by atoms with Crippen LogP contribution >= 0.6 is 15.9 Å². The zero-order chi connectivity index (χ0) is 16.3. The van der Waals surface area contributed by atoms with E-state index in [1.54, 1.807) is 18.2 Å². The maximum atomic E-state index is 11.8. The first kappa shape index (κ1) is 16.7. The van der Waals surface area contributed by atoms with Gasteiger partial charge in [0, 0.05) is 24.1 Å². The number of esters is 1. The number of benzene rings is 1. The van der Waals surface area contributed by atoms with Gasteiger partial charge in [0.25, 0.3) is 0 Å². The van der Waals surface area contributed by atoms with Crippen LogP contribution in [-0.2, 0) is 9.53 Å². The minimum atomic E-state index is -0.398. The summed E-state index contributed by atoms with van der Waals surface area (Å²) >= 11 is 3.45. The monoisotopic (exact) mass is 365 g/mol. The molecule has 1 aliphatic rings. The lowest BCUT2D eigenvalue weighted by molar-refractivity contribution is -0.115. The second-order valence-electron chi connectivity index (χ2n) is 5.74. The molecule has 5 heteroatoms. The predicted octanol–water partition coefficient (Wildman–Crippen LogP) is 4.17. The van der Waals surface area contributed by atoms with Gasteiger partial charge in [-0.1, -0.05) is 19.9 Å². The lowest BCUT2D eigenvalue weighted by atomic mass is 9.83. The van der Waals surface area contributed by atoms with Gasteiger partial charge in [0.05, 0.1) is 22.8 Å². The van der Waals surface area contributed by atoms with Crippen molar-refractivity contribution in [1.82, 2.24) is 0 Å². The molecule has 1 aromatic carbocycles. The third kappa shape index (κ3) is 3.58. The van der Waals surface area contributed by atoms with Crippen LogP contribution < -0.4 is 5.32 Å². The molecule has 1 N–H and O–H groups in total. The number of carbonyl (C=O) groups excluding carboxylic acids is 2. The van der Waals surface area contributed by atoms with Crippen LogP contribution in [0, 0.1) is 11.8 Å². The summed E-state index contributed by atoms with van der Waals surface area (Å²) in [6.45, 7) is 4.30. The number of allylic oxidation sites excluding steroid dienone is 2. The lowest BCUT2D eigenvalue weighted by Crippen LogP contribution is -2.23. The van der Waals surface area contributed by atoms with E-state index in [0.29, 0.717) is 28.3 Å². The van der Waals surface area contributed by atoms with Crippen molar-refractivity contribution in [2.45, 2.75) is 26.7 Å². The van der Waals surface area contributed by atoms with Gasteiger partial charge in [0.15, 0.2) is 5.78 Å². The molecule has 1 aliphatic carbocycles. The van der Waals surface area contributed by atoms with Gasteiger partial charge in [0.1, 0.15) is 0 Å². The highest BCUT2D eigenvalue weighted by Crippen LogP contribution is 2.34. The summed E-state index contributed by atoms with van der Waals surface area (Å²) in [6.07, 6.45) is 3.13. The maximum absolute atomic E-state index is 11.8. The van der Waals surface area contributed by atoms with Gasteiger partial charge >= 0.3 is 5.97 Å². The standard InChI is InChI=1S/C17H20BrNO3/c1-10(2)12-8-7-11(20)9-15(12)19-14-6-4-5-13(16(14)18)17(21)22-3/h4-6,9-10,12,19H,7-8H2,1-3H3. The smallest absolute Gasteiger partial charge is 0.339 e. The van der Waals surface area contributed by atoms with Crippen LogP contribution in [0.15, 0.2) is 34.4 Å². The van der Waals surface area contributed by atoms with E-state index in [4.69, 9.17) is 4.74 Å². The molecule has 0 bridgehead atoms. The number of carbonyl (C=O) groups is 2. The van der Waals surface area contributed by atoms with Crippen molar-refractivity contribution in [1.29, 1.82) is 0 Å². The van der Waals surface area contributed by atoms with Gasteiger partial charge in [0.2, 0.25) is 0 Å². The van der Waals surface area contributed by atoms with Crippen molar-refractivity contribution in [3.8, 4) is 0 Å². The molecule has 0 saturated carbocycles. The van der Waals surface area contributed by atoms with E-state index in [0.717, 1.165) is 17.8 Å². The molecule has 2 rings (SSSR count). The number of rotatable bonds is 4. The van der Waals surface area contributed by atoms with E-state index in [1.165, 1.54) is 7.11 Å². The van der Waals surface area contributed by atoms with Gasteiger partial charge < -0.3 is 10.1 Å². The van der Waals surface area contributed by atoms with Gasteiger partial charge in [-0.05, 0) is 40.4 Å². The van der Waals surface area contributed by atoms with Crippen molar-refractivity contribution in [2.75, 3.05) is 12.4 Å². The summed E-state index contributed by atoms with van der Waals surface area (Å²) in [6, 6.07) is 5.35. The fourth-order valence-electron chi connectivity index (χ4n) is 2.68. The Morgan fingerprint density at radius 1 is 1.41 bits per heavy atom. The zero-order valence-electron chi connectivity index (χ0n) is 13.0. The molecule has 0 radical (unpaired) electrons. The largest absolute Gasteiger partial charge is 0.465 e. The zero-order valence-corrected chi connectivity index (χ0v) is 14.6. The second kappa shape index (κ2) is 7.09. The third-order valence-electron chi connectivity index (χ3n) is 3.91. The highest BCUT2D eigenvalue weighted by molar-refractivity contribution is 9.10. The predicted molar refractivity (Wildman–Crippen MR) is 89.8 cm³/mol. The van der Waals surface area contributed by atoms with E-state index in [9.17, 15) is 9.59 Å². The molecule has 1 aromatic rings. The Kier molecular flexibility index (Phi) is 5.40. The number of anilines is 1. The van der Waals surface area contributed by atoms with E-state index >= 15 is 0 Å². The van der Waals surface area contributed by atoms with Crippen LogP contribution in [0.4, 0.5) is 5.69 Å². The Bertz CT molecular complexity index is 622. The van der Waals surface area contributed by atoms with Crippen molar-refractivity contribution in [2.24, 2.45) is 11.8 Å². The summed E-state index contributed by atoms with van der Waals surface area (Å²) in [5.41, 5.74) is 2.12. The summed E-state index contributed by atoms with van der Waals surface area (Å²) < 4.78 is 5.41. The normalized spacial score (nSPS) is 18.1. The van der Waals surface area contributed by atoms with Crippen LogP contribution in [0.3, 0.4) is 0 Å². The number of nitrogens with one attached hydrogen (secondary N) is 1. The maximum Gasteiger partial charge on any atom is 0.339 e. The fraction of sp³-hybridized carbons (Fsp3) is 0.412. The number of halogens is 1. The van der Waals surface area contributed by atoms with Crippen LogP contribution in [0.5, 0.6) is 0 Å². The quantitative estimate of drug-likeness (QED) is 0.813. The molecule has 0 aromatic heterocycles. The minimum Gasteiger partial charge on any atom is -0.465 e. The highest BCUT2D eigenvalue weighted by Gasteiger charge is 2.25. The molecule has 118 valence electrons. The van der Waals surface area contributed by atoms with E-state index in [2.05, 4.69) is 35.1 Å². The van der Waals surface area contributed by atoms with Crippen LogP contribution in [-0.4, -0.2) is 18.9 Å².